The molecule has 0 bridgehead atoms. The molecule has 27 heavy (non-hydrogen) atoms. The average Bonchev–Trinajstić information content (AvgIpc) is 2.69. The Kier molecular flexibility index (Phi) is 6.66. The zero-order chi connectivity index (χ0) is 19.2. The maximum atomic E-state index is 13.9. The van der Waals surface area contributed by atoms with Crippen molar-refractivity contribution < 1.29 is 18.7 Å². The molecular weight excluding hydrogens is 349 g/mol. The summed E-state index contributed by atoms with van der Waals surface area (Å²) in [6, 6.07) is 6.32. The molecule has 1 aromatic carbocycles. The lowest BCUT2D eigenvalue weighted by atomic mass is 10.0. The summed E-state index contributed by atoms with van der Waals surface area (Å²) in [5, 5.41) is 0. The van der Waals surface area contributed by atoms with Gasteiger partial charge in [0.1, 0.15) is 11.9 Å². The first-order valence-electron chi connectivity index (χ1n) is 9.78. The molecule has 2 aliphatic heterocycles. The SMILES string of the molecule is CCOC(=O)C1CCCCN1C(=O)CN1CCN(c2ccccc2F)CC1. The highest BCUT2D eigenvalue weighted by molar-refractivity contribution is 5.85. The Morgan fingerprint density at radius 2 is 1.85 bits per heavy atom. The lowest BCUT2D eigenvalue weighted by Gasteiger charge is -2.38. The molecule has 2 fully saturated rings. The third-order valence-corrected chi connectivity index (χ3v) is 5.31. The number of carbonyl (C=O) groups is 2. The molecule has 1 unspecified atom stereocenters. The Hall–Kier alpha value is -2.15. The van der Waals surface area contributed by atoms with E-state index < -0.39 is 6.04 Å². The molecule has 0 saturated carbocycles. The van der Waals surface area contributed by atoms with Crippen LogP contribution in [0.25, 0.3) is 0 Å². The van der Waals surface area contributed by atoms with Gasteiger partial charge in [-0.1, -0.05) is 12.1 Å². The van der Waals surface area contributed by atoms with Crippen LogP contribution < -0.4 is 4.90 Å². The number of hydrogen-bond donors (Lipinski definition) is 0. The number of halogens is 1. The summed E-state index contributed by atoms with van der Waals surface area (Å²) in [6.07, 6.45) is 2.53. The van der Waals surface area contributed by atoms with Crippen LogP contribution in [0.5, 0.6) is 0 Å². The fourth-order valence-corrected chi connectivity index (χ4v) is 3.85. The van der Waals surface area contributed by atoms with Gasteiger partial charge in [0.25, 0.3) is 0 Å². The van der Waals surface area contributed by atoms with E-state index in [1.54, 1.807) is 24.0 Å². The Labute approximate surface area is 159 Å². The van der Waals surface area contributed by atoms with Crippen LogP contribution in [0.2, 0.25) is 0 Å². The molecule has 1 aromatic rings. The van der Waals surface area contributed by atoms with Gasteiger partial charge in [0, 0.05) is 32.7 Å². The van der Waals surface area contributed by atoms with Gasteiger partial charge in [0.05, 0.1) is 18.8 Å². The standard InChI is InChI=1S/C20H28FN3O3/c1-2-27-20(26)18-9-5-6-10-24(18)19(25)15-22-11-13-23(14-12-22)17-8-4-3-7-16(17)21/h3-4,7-8,18H,2,5-6,9-15H2,1H3. The quantitative estimate of drug-likeness (QED) is 0.734. The van der Waals surface area contributed by atoms with E-state index in [0.29, 0.717) is 58.0 Å². The number of likely N-dealkylation sites (tertiary alicyclic amines) is 1. The smallest absolute Gasteiger partial charge is 0.328 e. The molecule has 3 rings (SSSR count). The number of para-hydroxylation sites is 1. The van der Waals surface area contributed by atoms with Gasteiger partial charge in [-0.15, -0.1) is 0 Å². The molecule has 2 aliphatic rings. The first kappa shape index (κ1) is 19.6. The third-order valence-electron chi connectivity index (χ3n) is 5.31. The Bertz CT molecular complexity index is 662. The fraction of sp³-hybridized carbons (Fsp3) is 0.600. The minimum Gasteiger partial charge on any atom is -0.464 e. The molecule has 6 nitrogen and oxygen atoms in total. The van der Waals surface area contributed by atoms with E-state index >= 15 is 0 Å². The zero-order valence-electron chi connectivity index (χ0n) is 15.9. The minimum absolute atomic E-state index is 0.0212. The van der Waals surface area contributed by atoms with E-state index in [0.717, 1.165) is 12.8 Å². The molecule has 1 amide bonds. The normalized spacial score (nSPS) is 21.2. The van der Waals surface area contributed by atoms with Crippen molar-refractivity contribution in [2.75, 3.05) is 50.8 Å². The highest BCUT2D eigenvalue weighted by atomic mass is 19.1. The summed E-state index contributed by atoms with van der Waals surface area (Å²) in [4.78, 5) is 30.7. The van der Waals surface area contributed by atoms with E-state index in [9.17, 15) is 14.0 Å². The number of amides is 1. The minimum atomic E-state index is -0.453. The van der Waals surface area contributed by atoms with E-state index in [2.05, 4.69) is 4.90 Å². The number of piperidine rings is 1. The van der Waals surface area contributed by atoms with Gasteiger partial charge in [-0.05, 0) is 38.3 Å². The predicted octanol–water partition coefficient (Wildman–Crippen LogP) is 1.89. The first-order valence-corrected chi connectivity index (χ1v) is 9.78. The van der Waals surface area contributed by atoms with Crippen LogP contribution in [0.4, 0.5) is 10.1 Å². The molecule has 0 aromatic heterocycles. The van der Waals surface area contributed by atoms with Crippen molar-refractivity contribution in [2.45, 2.75) is 32.2 Å². The monoisotopic (exact) mass is 377 g/mol. The van der Waals surface area contributed by atoms with Crippen LogP contribution in [0.15, 0.2) is 24.3 Å². The number of carbonyl (C=O) groups excluding carboxylic acids is 2. The second kappa shape index (κ2) is 9.17. The topological polar surface area (TPSA) is 53.1 Å². The second-order valence-electron chi connectivity index (χ2n) is 7.07. The number of ether oxygens (including phenoxy) is 1. The summed E-state index contributed by atoms with van der Waals surface area (Å²) in [7, 11) is 0. The van der Waals surface area contributed by atoms with Crippen molar-refractivity contribution in [2.24, 2.45) is 0 Å². The molecule has 2 heterocycles. The van der Waals surface area contributed by atoms with Crippen LogP contribution in [-0.4, -0.2) is 73.6 Å². The van der Waals surface area contributed by atoms with Crippen molar-refractivity contribution in [3.63, 3.8) is 0 Å². The summed E-state index contributed by atoms with van der Waals surface area (Å²) < 4.78 is 19.1. The first-order chi connectivity index (χ1) is 13.1. The van der Waals surface area contributed by atoms with Crippen LogP contribution in [0.3, 0.4) is 0 Å². The van der Waals surface area contributed by atoms with Gasteiger partial charge in [-0.2, -0.15) is 0 Å². The number of nitrogens with zero attached hydrogens (tertiary/aromatic N) is 3. The summed E-state index contributed by atoms with van der Waals surface area (Å²) >= 11 is 0. The lowest BCUT2D eigenvalue weighted by Crippen LogP contribution is -2.54. The van der Waals surface area contributed by atoms with Crippen LogP contribution in [0.1, 0.15) is 26.2 Å². The molecule has 0 spiro atoms. The summed E-state index contributed by atoms with van der Waals surface area (Å²) in [6.45, 7) is 5.75. The van der Waals surface area contributed by atoms with Crippen LogP contribution in [0, 0.1) is 5.82 Å². The maximum absolute atomic E-state index is 13.9. The summed E-state index contributed by atoms with van der Waals surface area (Å²) in [5.74, 6) is -0.533. The number of hydrogen-bond acceptors (Lipinski definition) is 5. The molecule has 0 aliphatic carbocycles. The highest BCUT2D eigenvalue weighted by Crippen LogP contribution is 2.21. The van der Waals surface area contributed by atoms with E-state index in [1.807, 2.05) is 11.0 Å². The van der Waals surface area contributed by atoms with Crippen LogP contribution >= 0.6 is 0 Å². The van der Waals surface area contributed by atoms with Crippen LogP contribution in [-0.2, 0) is 14.3 Å². The Morgan fingerprint density at radius 1 is 1.11 bits per heavy atom. The number of rotatable bonds is 5. The van der Waals surface area contributed by atoms with Gasteiger partial charge in [-0.25, -0.2) is 9.18 Å². The zero-order valence-corrected chi connectivity index (χ0v) is 15.9. The molecule has 0 N–H and O–H groups in total. The maximum Gasteiger partial charge on any atom is 0.328 e. The van der Waals surface area contributed by atoms with E-state index in [1.165, 1.54) is 6.07 Å². The van der Waals surface area contributed by atoms with Crippen molar-refractivity contribution in [1.29, 1.82) is 0 Å². The predicted molar refractivity (Wildman–Crippen MR) is 101 cm³/mol. The Balaban J connectivity index is 1.54. The van der Waals surface area contributed by atoms with Crippen molar-refractivity contribution in [1.82, 2.24) is 9.80 Å². The average molecular weight is 377 g/mol. The van der Waals surface area contributed by atoms with E-state index in [-0.39, 0.29) is 17.7 Å². The Morgan fingerprint density at radius 3 is 2.56 bits per heavy atom. The third kappa shape index (κ3) is 4.77. The van der Waals surface area contributed by atoms with Gasteiger partial charge in [0.15, 0.2) is 0 Å². The van der Waals surface area contributed by atoms with E-state index in [4.69, 9.17) is 4.74 Å². The lowest BCUT2D eigenvalue weighted by molar-refractivity contribution is -0.157. The number of benzene rings is 1. The number of piperazine rings is 1. The largest absolute Gasteiger partial charge is 0.464 e. The van der Waals surface area contributed by atoms with Crippen molar-refractivity contribution >= 4 is 17.6 Å². The van der Waals surface area contributed by atoms with Gasteiger partial charge in [0.2, 0.25) is 5.91 Å². The number of esters is 1. The fourth-order valence-electron chi connectivity index (χ4n) is 3.85. The van der Waals surface area contributed by atoms with Crippen molar-refractivity contribution in [3.05, 3.63) is 30.1 Å². The van der Waals surface area contributed by atoms with Crippen molar-refractivity contribution in [3.8, 4) is 0 Å². The second-order valence-corrected chi connectivity index (χ2v) is 7.07. The summed E-state index contributed by atoms with van der Waals surface area (Å²) in [5.41, 5.74) is 0.613. The molecule has 148 valence electrons. The van der Waals surface area contributed by atoms with Gasteiger partial charge < -0.3 is 14.5 Å². The molecule has 1 atom stereocenters. The molecule has 7 heteroatoms. The molecular formula is C20H28FN3O3. The van der Waals surface area contributed by atoms with Gasteiger partial charge in [-0.3, -0.25) is 9.69 Å². The highest BCUT2D eigenvalue weighted by Gasteiger charge is 2.34. The molecule has 2 saturated heterocycles. The van der Waals surface area contributed by atoms with Gasteiger partial charge >= 0.3 is 5.97 Å². The number of anilines is 1. The molecule has 0 radical (unpaired) electrons.